The highest BCUT2D eigenvalue weighted by Gasteiger charge is 2.23. The van der Waals surface area contributed by atoms with Crippen LogP contribution in [0.4, 0.5) is 11.4 Å². The van der Waals surface area contributed by atoms with Gasteiger partial charge in [-0.05, 0) is 61.9 Å². The molecular formula is C25H19Cl2N3O7S. The molecule has 0 atom stereocenters. The van der Waals surface area contributed by atoms with Crippen LogP contribution in [0.3, 0.4) is 0 Å². The van der Waals surface area contributed by atoms with Crippen LogP contribution in [0.15, 0.2) is 65.1 Å². The normalized spacial score (nSPS) is 11.4. The van der Waals surface area contributed by atoms with Crippen molar-refractivity contribution >= 4 is 56.7 Å². The minimum Gasteiger partial charge on any atom is -0.490 e. The Bertz CT molecular complexity index is 1580. The van der Waals surface area contributed by atoms with Gasteiger partial charge in [-0.25, -0.2) is 0 Å². The number of rotatable bonds is 9. The maximum absolute atomic E-state index is 12.8. The van der Waals surface area contributed by atoms with E-state index in [4.69, 9.17) is 32.1 Å². The quantitative estimate of drug-likeness (QED) is 0.108. The maximum Gasteiger partial charge on any atom is 0.339 e. The van der Waals surface area contributed by atoms with Crippen molar-refractivity contribution in [1.82, 2.24) is 0 Å². The molecule has 0 spiro atoms. The summed E-state index contributed by atoms with van der Waals surface area (Å²) in [5.41, 5.74) is 0.343. The number of anilines is 1. The van der Waals surface area contributed by atoms with Crippen LogP contribution in [0.25, 0.3) is 6.08 Å². The lowest BCUT2D eigenvalue weighted by molar-refractivity contribution is -0.384. The molecule has 0 bridgehead atoms. The van der Waals surface area contributed by atoms with Gasteiger partial charge in [0.15, 0.2) is 5.75 Å². The number of benzene rings is 3. The molecule has 3 aromatic carbocycles. The molecule has 0 aliphatic rings. The molecular weight excluding hydrogens is 557 g/mol. The Balaban J connectivity index is 1.93. The minimum absolute atomic E-state index is 0.0343. The number of nitro groups is 1. The van der Waals surface area contributed by atoms with E-state index in [1.165, 1.54) is 42.5 Å². The highest BCUT2D eigenvalue weighted by molar-refractivity contribution is 7.87. The van der Waals surface area contributed by atoms with E-state index < -0.39 is 26.6 Å². The number of nitro benzene ring substituents is 1. The zero-order valence-corrected chi connectivity index (χ0v) is 22.2. The van der Waals surface area contributed by atoms with Gasteiger partial charge in [-0.2, -0.15) is 13.7 Å². The van der Waals surface area contributed by atoms with Crippen molar-refractivity contribution in [2.75, 3.05) is 11.9 Å². The van der Waals surface area contributed by atoms with Gasteiger partial charge in [0.05, 0.1) is 16.6 Å². The summed E-state index contributed by atoms with van der Waals surface area (Å²) in [5, 5.41) is 22.8. The van der Waals surface area contributed by atoms with E-state index in [0.717, 1.165) is 11.6 Å². The second kappa shape index (κ2) is 12.0. The van der Waals surface area contributed by atoms with Crippen LogP contribution in [0.2, 0.25) is 10.0 Å². The first kappa shape index (κ1) is 28.5. The average Bonchev–Trinajstić information content (AvgIpc) is 2.86. The Hall–Kier alpha value is -4.11. The summed E-state index contributed by atoms with van der Waals surface area (Å²) in [6.07, 6.45) is 1.19. The third kappa shape index (κ3) is 6.80. The summed E-state index contributed by atoms with van der Waals surface area (Å²) in [7, 11) is -4.25. The third-order valence-corrected chi connectivity index (χ3v) is 6.75. The first-order chi connectivity index (χ1) is 17.9. The standard InChI is InChI=1S/C25H19Cl2N3O7S/c1-3-36-23-12-16(11-21(27)24(23)37-38(34,35)19-7-4-15(2)5-8-19)10-17(14-28)25(31)29-18-6-9-20(26)22(13-18)30(32)33/h4-13H,3H2,1-2H3,(H,29,31)/b17-10+. The molecule has 3 rings (SSSR count). The summed E-state index contributed by atoms with van der Waals surface area (Å²) >= 11 is 12.1. The van der Waals surface area contributed by atoms with Crippen molar-refractivity contribution in [3.05, 3.63) is 91.5 Å². The molecule has 0 aliphatic heterocycles. The molecule has 196 valence electrons. The van der Waals surface area contributed by atoms with Crippen LogP contribution in [-0.4, -0.2) is 25.9 Å². The van der Waals surface area contributed by atoms with Crippen molar-refractivity contribution in [3.63, 3.8) is 0 Å². The van der Waals surface area contributed by atoms with Crippen molar-refractivity contribution in [3.8, 4) is 17.6 Å². The number of hydrogen-bond acceptors (Lipinski definition) is 8. The second-order valence-corrected chi connectivity index (χ2v) is 10.0. The fourth-order valence-electron chi connectivity index (χ4n) is 3.12. The third-order valence-electron chi connectivity index (χ3n) is 4.91. The summed E-state index contributed by atoms with van der Waals surface area (Å²) in [6, 6.07) is 14.0. The molecule has 0 aromatic heterocycles. The smallest absolute Gasteiger partial charge is 0.339 e. The Labute approximate surface area is 228 Å². The van der Waals surface area contributed by atoms with Gasteiger partial charge < -0.3 is 14.2 Å². The predicted octanol–water partition coefficient (Wildman–Crippen LogP) is 5.92. The molecule has 0 radical (unpaired) electrons. The molecule has 1 amide bonds. The number of aryl methyl sites for hydroxylation is 1. The first-order valence-electron chi connectivity index (χ1n) is 10.8. The fourth-order valence-corrected chi connectivity index (χ4v) is 4.57. The molecule has 10 nitrogen and oxygen atoms in total. The molecule has 0 saturated carbocycles. The number of nitrogens with one attached hydrogen (secondary N) is 1. The molecule has 0 unspecified atom stereocenters. The van der Waals surface area contributed by atoms with Gasteiger partial charge in [-0.3, -0.25) is 14.9 Å². The van der Waals surface area contributed by atoms with E-state index in [9.17, 15) is 28.6 Å². The average molecular weight is 576 g/mol. The van der Waals surface area contributed by atoms with Gasteiger partial charge >= 0.3 is 10.1 Å². The largest absolute Gasteiger partial charge is 0.490 e. The number of ether oxygens (including phenoxy) is 1. The molecule has 0 fully saturated rings. The second-order valence-electron chi connectivity index (χ2n) is 7.66. The van der Waals surface area contributed by atoms with Crippen LogP contribution < -0.4 is 14.2 Å². The maximum atomic E-state index is 12.8. The van der Waals surface area contributed by atoms with Gasteiger partial charge in [-0.1, -0.05) is 40.9 Å². The molecule has 38 heavy (non-hydrogen) atoms. The van der Waals surface area contributed by atoms with Gasteiger partial charge in [0.25, 0.3) is 11.6 Å². The Morgan fingerprint density at radius 3 is 2.42 bits per heavy atom. The molecule has 3 aromatic rings. The van der Waals surface area contributed by atoms with E-state index in [0.29, 0.717) is 0 Å². The van der Waals surface area contributed by atoms with Crippen LogP contribution in [0.1, 0.15) is 18.1 Å². The highest BCUT2D eigenvalue weighted by atomic mass is 35.5. The number of nitriles is 1. The molecule has 13 heteroatoms. The SMILES string of the molecule is CCOc1cc(/C=C(\C#N)C(=O)Nc2ccc(Cl)c([N+](=O)[O-])c2)cc(Cl)c1OS(=O)(=O)c1ccc(C)cc1. The predicted molar refractivity (Wildman–Crippen MR) is 142 cm³/mol. The number of carbonyl (C=O) groups is 1. The van der Waals surface area contributed by atoms with Gasteiger partial charge in [0, 0.05) is 11.8 Å². The van der Waals surface area contributed by atoms with Gasteiger partial charge in [0.2, 0.25) is 5.75 Å². The van der Waals surface area contributed by atoms with E-state index in [1.807, 2.05) is 6.92 Å². The minimum atomic E-state index is -4.25. The van der Waals surface area contributed by atoms with Crippen molar-refractivity contribution in [2.24, 2.45) is 0 Å². The van der Waals surface area contributed by atoms with Gasteiger partial charge in [0.1, 0.15) is 21.6 Å². The van der Waals surface area contributed by atoms with Crippen LogP contribution >= 0.6 is 23.2 Å². The van der Waals surface area contributed by atoms with Gasteiger partial charge in [-0.15, -0.1) is 0 Å². The number of carbonyl (C=O) groups excluding carboxylic acids is 1. The Morgan fingerprint density at radius 1 is 1.13 bits per heavy atom. The number of amides is 1. The summed E-state index contributed by atoms with van der Waals surface area (Å²) < 4.78 is 36.4. The van der Waals surface area contributed by atoms with E-state index in [2.05, 4.69) is 5.32 Å². The lowest BCUT2D eigenvalue weighted by Gasteiger charge is -2.14. The number of halogens is 2. The lowest BCUT2D eigenvalue weighted by Crippen LogP contribution is -2.13. The first-order valence-corrected chi connectivity index (χ1v) is 13.0. The number of nitrogens with zero attached hydrogens (tertiary/aromatic N) is 2. The fraction of sp³-hybridized carbons (Fsp3) is 0.120. The highest BCUT2D eigenvalue weighted by Crippen LogP contribution is 2.39. The molecule has 0 saturated heterocycles. The molecule has 0 heterocycles. The molecule has 0 aliphatic carbocycles. The summed E-state index contributed by atoms with van der Waals surface area (Å²) in [4.78, 5) is 23.0. The summed E-state index contributed by atoms with van der Waals surface area (Å²) in [5.74, 6) is -1.16. The van der Waals surface area contributed by atoms with E-state index in [1.54, 1.807) is 25.1 Å². The molecule has 1 N–H and O–H groups in total. The monoisotopic (exact) mass is 575 g/mol. The Morgan fingerprint density at radius 2 is 1.82 bits per heavy atom. The van der Waals surface area contributed by atoms with Crippen LogP contribution in [0, 0.1) is 28.4 Å². The van der Waals surface area contributed by atoms with Crippen LogP contribution in [0.5, 0.6) is 11.5 Å². The van der Waals surface area contributed by atoms with E-state index >= 15 is 0 Å². The lowest BCUT2D eigenvalue weighted by atomic mass is 10.1. The zero-order valence-electron chi connectivity index (χ0n) is 19.9. The van der Waals surface area contributed by atoms with Crippen molar-refractivity contribution < 1.29 is 27.1 Å². The Kier molecular flexibility index (Phi) is 8.96. The zero-order chi connectivity index (χ0) is 28.0. The van der Waals surface area contributed by atoms with Crippen LogP contribution in [-0.2, 0) is 14.9 Å². The topological polar surface area (TPSA) is 149 Å². The van der Waals surface area contributed by atoms with E-state index in [-0.39, 0.29) is 49.9 Å². The van der Waals surface area contributed by atoms with Crippen molar-refractivity contribution in [2.45, 2.75) is 18.7 Å². The van der Waals surface area contributed by atoms with Crippen molar-refractivity contribution in [1.29, 1.82) is 5.26 Å². The number of hydrogen-bond donors (Lipinski definition) is 1. The summed E-state index contributed by atoms with van der Waals surface area (Å²) in [6.45, 7) is 3.60.